The van der Waals surface area contributed by atoms with Crippen molar-refractivity contribution in [1.82, 2.24) is 4.57 Å². The second-order valence-corrected chi connectivity index (χ2v) is 8.43. The van der Waals surface area contributed by atoms with Gasteiger partial charge >= 0.3 is 5.97 Å². The van der Waals surface area contributed by atoms with Crippen molar-refractivity contribution in [2.24, 2.45) is 13.0 Å². The van der Waals surface area contributed by atoms with E-state index in [1.165, 1.54) is 6.42 Å². The average Bonchev–Trinajstić information content (AvgIpc) is 3.29. The van der Waals surface area contributed by atoms with Crippen LogP contribution in [0.4, 0.5) is 0 Å². The normalized spacial score (nSPS) is 17.4. The number of aryl methyl sites for hydroxylation is 1. The van der Waals surface area contributed by atoms with Gasteiger partial charge in [0.1, 0.15) is 17.2 Å². The average molecular weight is 431 g/mol. The second kappa shape index (κ2) is 8.19. The first-order chi connectivity index (χ1) is 15.5. The van der Waals surface area contributed by atoms with Crippen molar-refractivity contribution in [3.05, 3.63) is 59.5 Å². The molecule has 3 aromatic rings. The predicted molar refractivity (Wildman–Crippen MR) is 121 cm³/mol. The molecule has 1 aromatic heterocycles. The fourth-order valence-electron chi connectivity index (χ4n) is 4.55. The number of benzene rings is 2. The third-order valence-electron chi connectivity index (χ3n) is 6.31. The number of allylic oxidation sites excluding steroid dienone is 1. The summed E-state index contributed by atoms with van der Waals surface area (Å²) < 4.78 is 18.8. The van der Waals surface area contributed by atoms with Crippen LogP contribution in [0.2, 0.25) is 0 Å². The Kier molecular flexibility index (Phi) is 5.21. The topological polar surface area (TPSA) is 66.8 Å². The van der Waals surface area contributed by atoms with Crippen LogP contribution in [0.15, 0.2) is 48.4 Å². The Labute approximate surface area is 186 Å². The first kappa shape index (κ1) is 20.4. The van der Waals surface area contributed by atoms with Crippen LogP contribution >= 0.6 is 0 Å². The Bertz CT molecular complexity index is 1250. The van der Waals surface area contributed by atoms with Gasteiger partial charge in [-0.15, -0.1) is 0 Å². The van der Waals surface area contributed by atoms with Crippen LogP contribution in [0.25, 0.3) is 17.0 Å². The van der Waals surface area contributed by atoms with E-state index >= 15 is 0 Å². The van der Waals surface area contributed by atoms with E-state index in [0.29, 0.717) is 17.1 Å². The van der Waals surface area contributed by atoms with Gasteiger partial charge < -0.3 is 18.8 Å². The molecule has 0 atom stereocenters. The first-order valence-electron chi connectivity index (χ1n) is 11.0. The highest BCUT2D eigenvalue weighted by Crippen LogP contribution is 2.36. The van der Waals surface area contributed by atoms with Gasteiger partial charge in [0.15, 0.2) is 5.76 Å². The lowest BCUT2D eigenvalue weighted by Crippen LogP contribution is -2.22. The number of hydrogen-bond donors (Lipinski definition) is 0. The molecule has 1 fully saturated rings. The van der Waals surface area contributed by atoms with Crippen molar-refractivity contribution in [3.8, 4) is 17.2 Å². The van der Waals surface area contributed by atoms with Crippen molar-refractivity contribution in [2.45, 2.75) is 32.1 Å². The number of carbonyl (C=O) groups is 2. The van der Waals surface area contributed by atoms with Crippen LogP contribution in [0.5, 0.6) is 17.2 Å². The Morgan fingerprint density at radius 2 is 1.88 bits per heavy atom. The lowest BCUT2D eigenvalue weighted by molar-refractivity contribution is -0.139. The van der Waals surface area contributed by atoms with Gasteiger partial charge in [-0.1, -0.05) is 19.3 Å². The quantitative estimate of drug-likeness (QED) is 0.319. The van der Waals surface area contributed by atoms with Crippen LogP contribution in [-0.4, -0.2) is 23.4 Å². The summed E-state index contributed by atoms with van der Waals surface area (Å²) in [6, 6.07) is 10.8. The second-order valence-electron chi connectivity index (χ2n) is 8.43. The molecule has 0 radical (unpaired) electrons. The Morgan fingerprint density at radius 3 is 2.66 bits per heavy atom. The van der Waals surface area contributed by atoms with Gasteiger partial charge in [-0.3, -0.25) is 9.59 Å². The van der Waals surface area contributed by atoms with Crippen molar-refractivity contribution in [1.29, 1.82) is 0 Å². The van der Waals surface area contributed by atoms with Crippen LogP contribution in [0.1, 0.15) is 48.0 Å². The molecular weight excluding hydrogens is 406 g/mol. The lowest BCUT2D eigenvalue weighted by atomic mass is 9.89. The molecule has 32 heavy (non-hydrogen) atoms. The molecule has 6 heteroatoms. The fourth-order valence-corrected chi connectivity index (χ4v) is 4.55. The van der Waals surface area contributed by atoms with E-state index < -0.39 is 0 Å². The highest BCUT2D eigenvalue weighted by atomic mass is 16.5. The number of Topliss-reactive ketones (excluding diaryl/α,β-unsaturated/α-hetero) is 1. The Hall–Kier alpha value is -3.54. The van der Waals surface area contributed by atoms with E-state index in [0.717, 1.165) is 47.9 Å². The van der Waals surface area contributed by atoms with Gasteiger partial charge in [0.2, 0.25) is 5.78 Å². The molecule has 2 aromatic carbocycles. The smallest absolute Gasteiger partial charge is 0.314 e. The number of carbonyl (C=O) groups excluding carboxylic acids is 2. The summed E-state index contributed by atoms with van der Waals surface area (Å²) in [7, 11) is 3.58. The highest BCUT2D eigenvalue weighted by Gasteiger charge is 2.29. The summed E-state index contributed by atoms with van der Waals surface area (Å²) in [5.41, 5.74) is 2.35. The number of ether oxygens (including phenoxy) is 3. The summed E-state index contributed by atoms with van der Waals surface area (Å²) in [6.07, 6.45) is 8.76. The van der Waals surface area contributed by atoms with Gasteiger partial charge in [0.25, 0.3) is 0 Å². The molecule has 2 heterocycles. The van der Waals surface area contributed by atoms with E-state index in [2.05, 4.69) is 0 Å². The maximum absolute atomic E-state index is 12.9. The molecule has 0 bridgehead atoms. The molecule has 0 saturated heterocycles. The van der Waals surface area contributed by atoms with Crippen LogP contribution < -0.4 is 14.2 Å². The van der Waals surface area contributed by atoms with Gasteiger partial charge in [0, 0.05) is 35.8 Å². The molecule has 0 spiro atoms. The molecule has 164 valence electrons. The van der Waals surface area contributed by atoms with E-state index in [-0.39, 0.29) is 23.4 Å². The summed E-state index contributed by atoms with van der Waals surface area (Å²) >= 11 is 0. The molecule has 1 aliphatic carbocycles. The minimum absolute atomic E-state index is 0.0432. The summed E-state index contributed by atoms with van der Waals surface area (Å²) in [6.45, 7) is 0. The van der Waals surface area contributed by atoms with Gasteiger partial charge in [-0.25, -0.2) is 0 Å². The van der Waals surface area contributed by atoms with Gasteiger partial charge in [-0.2, -0.15) is 0 Å². The maximum atomic E-state index is 12.9. The maximum Gasteiger partial charge on any atom is 0.314 e. The third-order valence-corrected chi connectivity index (χ3v) is 6.31. The van der Waals surface area contributed by atoms with E-state index in [1.807, 2.05) is 36.0 Å². The third kappa shape index (κ3) is 3.66. The highest BCUT2D eigenvalue weighted by molar-refractivity contribution is 6.15. The lowest BCUT2D eigenvalue weighted by Gasteiger charge is -2.19. The zero-order valence-electron chi connectivity index (χ0n) is 18.2. The number of ketones is 1. The van der Waals surface area contributed by atoms with Crippen molar-refractivity contribution in [3.63, 3.8) is 0 Å². The monoisotopic (exact) mass is 431 g/mol. The minimum Gasteiger partial charge on any atom is -0.497 e. The molecule has 1 saturated carbocycles. The van der Waals surface area contributed by atoms with Crippen molar-refractivity contribution >= 4 is 28.7 Å². The molecule has 6 nitrogen and oxygen atoms in total. The van der Waals surface area contributed by atoms with E-state index in [9.17, 15) is 9.59 Å². The molecule has 1 aliphatic heterocycles. The first-order valence-corrected chi connectivity index (χ1v) is 11.0. The Morgan fingerprint density at radius 1 is 1.09 bits per heavy atom. The van der Waals surface area contributed by atoms with Gasteiger partial charge in [0.05, 0.1) is 18.6 Å². The number of esters is 1. The van der Waals surface area contributed by atoms with Crippen molar-refractivity contribution < 1.29 is 23.8 Å². The number of rotatable bonds is 4. The molecule has 5 rings (SSSR count). The van der Waals surface area contributed by atoms with E-state index in [4.69, 9.17) is 14.2 Å². The minimum atomic E-state index is -0.200. The molecule has 2 aliphatic rings. The number of hydrogen-bond acceptors (Lipinski definition) is 5. The van der Waals surface area contributed by atoms with Crippen LogP contribution in [-0.2, 0) is 11.8 Å². The number of methoxy groups -OCH3 is 1. The van der Waals surface area contributed by atoms with E-state index in [1.54, 1.807) is 31.4 Å². The Balaban J connectivity index is 1.40. The SMILES string of the molecule is COc1ccc2c(c1)c(C=C1Oc3cc(OC(=O)C4CCCCC4)ccc3C1=O)cn2C. The number of nitrogens with zero attached hydrogens (tertiary/aromatic N) is 1. The standard InChI is InChI=1S/C26H25NO5/c1-27-15-17(21-13-18(30-2)9-11-22(21)27)12-24-25(28)20-10-8-19(14-23(20)32-24)31-26(29)16-6-4-3-5-7-16/h8-16H,3-7H2,1-2H3. The summed E-state index contributed by atoms with van der Waals surface area (Å²) in [4.78, 5) is 25.4. The fraction of sp³-hybridized carbons (Fsp3) is 0.308. The molecule has 0 unspecified atom stereocenters. The molecular formula is C26H25NO5. The largest absolute Gasteiger partial charge is 0.497 e. The van der Waals surface area contributed by atoms with Crippen LogP contribution in [0, 0.1) is 5.92 Å². The van der Waals surface area contributed by atoms with Gasteiger partial charge in [-0.05, 0) is 49.2 Å². The molecule has 0 amide bonds. The summed E-state index contributed by atoms with van der Waals surface area (Å²) in [5, 5.41) is 0.966. The number of aromatic nitrogens is 1. The zero-order chi connectivity index (χ0) is 22.2. The molecule has 0 N–H and O–H groups in total. The van der Waals surface area contributed by atoms with Crippen molar-refractivity contribution in [2.75, 3.05) is 7.11 Å². The zero-order valence-corrected chi connectivity index (χ0v) is 18.2. The predicted octanol–water partition coefficient (Wildman–Crippen LogP) is 5.29. The van der Waals surface area contributed by atoms with Crippen LogP contribution in [0.3, 0.4) is 0 Å². The number of fused-ring (bicyclic) bond motifs is 2. The summed E-state index contributed by atoms with van der Waals surface area (Å²) in [5.74, 6) is 1.37.